The van der Waals surface area contributed by atoms with Crippen LogP contribution in [-0.4, -0.2) is 32.3 Å². The first-order valence-corrected chi connectivity index (χ1v) is 7.22. The number of nitrogens with one attached hydrogen (secondary N) is 2. The molecule has 0 bridgehead atoms. The number of nitrogens with zero attached hydrogens (tertiary/aromatic N) is 3. The van der Waals surface area contributed by atoms with Crippen LogP contribution in [0.3, 0.4) is 0 Å². The number of carbonyl (C=O) groups is 2. The molecule has 2 N–H and O–H groups in total. The van der Waals surface area contributed by atoms with E-state index in [0.29, 0.717) is 11.3 Å². The number of hydrogen-bond donors (Lipinski definition) is 2. The van der Waals surface area contributed by atoms with Gasteiger partial charge in [0.05, 0.1) is 11.3 Å². The standard InChI is InChI=1S/C15H17N5O4/c1-10(2)17-15(22)11-5-3-4-6-12(11)18-14(21)8-19-7-13(16-9-19)20(23)24/h3-7,9-10H,8H2,1-2H3,(H,17,22)(H,18,21). The summed E-state index contributed by atoms with van der Waals surface area (Å²) in [5.41, 5.74) is 0.714. The highest BCUT2D eigenvalue weighted by Gasteiger charge is 2.15. The van der Waals surface area contributed by atoms with E-state index in [2.05, 4.69) is 15.6 Å². The number of amides is 2. The first-order valence-electron chi connectivity index (χ1n) is 7.22. The maximum absolute atomic E-state index is 12.1. The van der Waals surface area contributed by atoms with Gasteiger partial charge in [0.25, 0.3) is 5.91 Å². The molecule has 2 rings (SSSR count). The van der Waals surface area contributed by atoms with Crippen LogP contribution in [-0.2, 0) is 11.3 Å². The number of hydrogen-bond acceptors (Lipinski definition) is 5. The van der Waals surface area contributed by atoms with Crippen LogP contribution in [0.25, 0.3) is 0 Å². The minimum atomic E-state index is -0.639. The van der Waals surface area contributed by atoms with Crippen LogP contribution in [0.15, 0.2) is 36.8 Å². The van der Waals surface area contributed by atoms with Gasteiger partial charge in [0.15, 0.2) is 0 Å². The Hall–Kier alpha value is -3.23. The Morgan fingerprint density at radius 2 is 2.04 bits per heavy atom. The maximum Gasteiger partial charge on any atom is 0.381 e. The maximum atomic E-state index is 12.1. The Morgan fingerprint density at radius 1 is 1.33 bits per heavy atom. The van der Waals surface area contributed by atoms with Crippen molar-refractivity contribution in [2.24, 2.45) is 0 Å². The lowest BCUT2D eigenvalue weighted by Crippen LogP contribution is -2.31. The lowest BCUT2D eigenvalue weighted by molar-refractivity contribution is -0.389. The van der Waals surface area contributed by atoms with Gasteiger partial charge in [0, 0.05) is 6.04 Å². The fourth-order valence-corrected chi connectivity index (χ4v) is 2.01. The van der Waals surface area contributed by atoms with Gasteiger partial charge in [-0.1, -0.05) is 12.1 Å². The van der Waals surface area contributed by atoms with E-state index < -0.39 is 10.8 Å². The van der Waals surface area contributed by atoms with Crippen LogP contribution in [0.4, 0.5) is 11.5 Å². The Bertz CT molecular complexity index is 769. The highest BCUT2D eigenvalue weighted by Crippen LogP contribution is 2.15. The predicted molar refractivity (Wildman–Crippen MR) is 86.6 cm³/mol. The summed E-state index contributed by atoms with van der Waals surface area (Å²) in [7, 11) is 0. The lowest BCUT2D eigenvalue weighted by Gasteiger charge is -2.13. The molecule has 1 heterocycles. The van der Waals surface area contributed by atoms with Crippen LogP contribution in [0, 0.1) is 10.1 Å². The third-order valence-electron chi connectivity index (χ3n) is 3.00. The number of carbonyl (C=O) groups excluding carboxylic acids is 2. The summed E-state index contributed by atoms with van der Waals surface area (Å²) in [6.07, 6.45) is 2.37. The fourth-order valence-electron chi connectivity index (χ4n) is 2.01. The van der Waals surface area contributed by atoms with Gasteiger partial charge >= 0.3 is 5.82 Å². The zero-order valence-electron chi connectivity index (χ0n) is 13.2. The number of rotatable bonds is 6. The van der Waals surface area contributed by atoms with E-state index >= 15 is 0 Å². The molecule has 126 valence electrons. The van der Waals surface area contributed by atoms with Crippen LogP contribution >= 0.6 is 0 Å². The molecular weight excluding hydrogens is 314 g/mol. The Labute approximate surface area is 137 Å². The predicted octanol–water partition coefficient (Wildman–Crippen LogP) is 1.57. The van der Waals surface area contributed by atoms with Gasteiger partial charge in [0.1, 0.15) is 12.7 Å². The number of benzene rings is 1. The number of imidazole rings is 1. The van der Waals surface area contributed by atoms with E-state index in [1.807, 2.05) is 13.8 Å². The second-order valence-corrected chi connectivity index (χ2v) is 5.38. The molecule has 0 aliphatic carbocycles. The SMILES string of the molecule is CC(C)NC(=O)c1ccccc1NC(=O)Cn1cnc([N+](=O)[O-])c1. The van der Waals surface area contributed by atoms with Gasteiger partial charge in [-0.05, 0) is 35.9 Å². The molecule has 1 aromatic heterocycles. The van der Waals surface area contributed by atoms with Gasteiger partial charge in [-0.2, -0.15) is 0 Å². The second kappa shape index (κ2) is 7.36. The number of para-hydroxylation sites is 1. The van der Waals surface area contributed by atoms with Crippen molar-refractivity contribution in [1.82, 2.24) is 14.9 Å². The molecular formula is C15H17N5O4. The van der Waals surface area contributed by atoms with Crippen molar-refractivity contribution in [2.45, 2.75) is 26.4 Å². The van der Waals surface area contributed by atoms with Crippen molar-refractivity contribution < 1.29 is 14.5 Å². The van der Waals surface area contributed by atoms with E-state index in [4.69, 9.17) is 0 Å². The molecule has 0 fully saturated rings. The van der Waals surface area contributed by atoms with E-state index in [-0.39, 0.29) is 24.3 Å². The largest absolute Gasteiger partial charge is 0.381 e. The number of anilines is 1. The highest BCUT2D eigenvalue weighted by molar-refractivity contribution is 6.03. The normalized spacial score (nSPS) is 10.5. The molecule has 0 atom stereocenters. The number of aromatic nitrogens is 2. The molecule has 2 aromatic rings. The van der Waals surface area contributed by atoms with Gasteiger partial charge in [0.2, 0.25) is 12.2 Å². The van der Waals surface area contributed by atoms with Crippen molar-refractivity contribution in [1.29, 1.82) is 0 Å². The molecule has 0 unspecified atom stereocenters. The smallest absolute Gasteiger partial charge is 0.358 e. The van der Waals surface area contributed by atoms with Crippen molar-refractivity contribution in [2.75, 3.05) is 5.32 Å². The molecule has 0 radical (unpaired) electrons. The number of nitro groups is 1. The van der Waals surface area contributed by atoms with Gasteiger partial charge in [-0.3, -0.25) is 9.59 Å². The summed E-state index contributed by atoms with van der Waals surface area (Å²) in [5, 5.41) is 16.0. The van der Waals surface area contributed by atoms with Crippen molar-refractivity contribution in [3.63, 3.8) is 0 Å². The van der Waals surface area contributed by atoms with Crippen LogP contribution in [0.5, 0.6) is 0 Å². The first-order chi connectivity index (χ1) is 11.4. The Morgan fingerprint density at radius 3 is 2.67 bits per heavy atom. The monoisotopic (exact) mass is 331 g/mol. The van der Waals surface area contributed by atoms with E-state index in [9.17, 15) is 19.7 Å². The van der Waals surface area contributed by atoms with Crippen LogP contribution in [0.2, 0.25) is 0 Å². The summed E-state index contributed by atoms with van der Waals surface area (Å²) in [6.45, 7) is 3.52. The fraction of sp³-hybridized carbons (Fsp3) is 0.267. The minimum absolute atomic E-state index is 0.0345. The highest BCUT2D eigenvalue weighted by atomic mass is 16.6. The average Bonchev–Trinajstić information content (AvgIpc) is 2.95. The molecule has 0 aliphatic heterocycles. The molecule has 0 spiro atoms. The van der Waals surface area contributed by atoms with Gasteiger partial charge in [-0.25, -0.2) is 0 Å². The van der Waals surface area contributed by atoms with E-state index in [0.717, 1.165) is 6.20 Å². The topological polar surface area (TPSA) is 119 Å². The van der Waals surface area contributed by atoms with E-state index in [1.165, 1.54) is 10.9 Å². The first kappa shape index (κ1) is 17.1. The van der Waals surface area contributed by atoms with Crippen LogP contribution < -0.4 is 10.6 Å². The third kappa shape index (κ3) is 4.38. The van der Waals surface area contributed by atoms with Crippen molar-refractivity contribution in [3.8, 4) is 0 Å². The molecule has 2 amide bonds. The summed E-state index contributed by atoms with van der Waals surface area (Å²) < 4.78 is 1.30. The minimum Gasteiger partial charge on any atom is -0.358 e. The van der Waals surface area contributed by atoms with Crippen LogP contribution in [0.1, 0.15) is 24.2 Å². The molecule has 24 heavy (non-hydrogen) atoms. The third-order valence-corrected chi connectivity index (χ3v) is 3.00. The quantitative estimate of drug-likeness (QED) is 0.615. The van der Waals surface area contributed by atoms with E-state index in [1.54, 1.807) is 24.3 Å². The Kier molecular flexibility index (Phi) is 5.25. The summed E-state index contributed by atoms with van der Waals surface area (Å²) in [4.78, 5) is 37.8. The molecule has 0 aliphatic rings. The zero-order chi connectivity index (χ0) is 17.7. The molecule has 0 saturated heterocycles. The zero-order valence-corrected chi connectivity index (χ0v) is 13.2. The van der Waals surface area contributed by atoms with Crippen molar-refractivity contribution in [3.05, 3.63) is 52.5 Å². The summed E-state index contributed by atoms with van der Waals surface area (Å²) >= 11 is 0. The molecule has 1 aromatic carbocycles. The molecule has 9 heteroatoms. The van der Waals surface area contributed by atoms with Crippen molar-refractivity contribution >= 4 is 23.3 Å². The molecule has 0 saturated carbocycles. The van der Waals surface area contributed by atoms with Gasteiger partial charge in [-0.15, -0.1) is 0 Å². The van der Waals surface area contributed by atoms with Gasteiger partial charge < -0.3 is 25.3 Å². The average molecular weight is 331 g/mol. The summed E-state index contributed by atoms with van der Waals surface area (Å²) in [6, 6.07) is 6.58. The second-order valence-electron chi connectivity index (χ2n) is 5.38. The lowest BCUT2D eigenvalue weighted by atomic mass is 10.1. The molecule has 9 nitrogen and oxygen atoms in total. The Balaban J connectivity index is 2.08. The summed E-state index contributed by atoms with van der Waals surface area (Å²) in [5.74, 6) is -1.05.